The molecule has 3 aromatic carbocycles. The predicted molar refractivity (Wildman–Crippen MR) is 129 cm³/mol. The molecule has 1 N–H and O–H groups in total. The Kier molecular flexibility index (Phi) is 6.61. The van der Waals surface area contributed by atoms with Crippen LogP contribution in [0, 0.1) is 28.7 Å². The van der Waals surface area contributed by atoms with E-state index in [9.17, 15) is 28.5 Å². The minimum atomic E-state index is -1.02. The number of nitrogens with one attached hydrogen (secondary N) is 1. The van der Waals surface area contributed by atoms with Gasteiger partial charge < -0.3 is 5.32 Å². The molecule has 178 valence electrons. The first-order valence-electron chi connectivity index (χ1n) is 10.4. The Bertz CT molecular complexity index is 1540. The summed E-state index contributed by atoms with van der Waals surface area (Å²) in [6.07, 6.45) is 0. The number of anilines is 1. The van der Waals surface area contributed by atoms with E-state index in [0.717, 1.165) is 23.9 Å². The molecule has 0 saturated heterocycles. The highest BCUT2D eigenvalue weighted by Crippen LogP contribution is 2.27. The van der Waals surface area contributed by atoms with Crippen LogP contribution < -0.4 is 10.9 Å². The summed E-state index contributed by atoms with van der Waals surface area (Å²) in [6.45, 7) is 3.15. The van der Waals surface area contributed by atoms with Crippen LogP contribution in [0.2, 0.25) is 0 Å². The second-order valence-electron chi connectivity index (χ2n) is 7.66. The molecule has 4 rings (SSSR count). The van der Waals surface area contributed by atoms with Gasteiger partial charge in [0.2, 0.25) is 11.7 Å². The summed E-state index contributed by atoms with van der Waals surface area (Å²) >= 11 is 0.955. The number of amides is 1. The molecule has 8 nitrogen and oxygen atoms in total. The van der Waals surface area contributed by atoms with Crippen molar-refractivity contribution in [1.82, 2.24) is 9.55 Å². The zero-order valence-electron chi connectivity index (χ0n) is 18.5. The van der Waals surface area contributed by atoms with Gasteiger partial charge in [0, 0.05) is 11.8 Å². The molecule has 0 saturated carbocycles. The van der Waals surface area contributed by atoms with Crippen molar-refractivity contribution in [3.8, 4) is 5.69 Å². The standard InChI is InChI=1S/C24H18F2N4O4S/c1-13-7-9-16(12-19(13)26)29-23(32)17-5-3-4-6-20(17)28-24(29)35-14(2)22(31)27-15-8-10-18(25)21(11-15)30(33)34/h3-12,14H,1-2H3,(H,27,31). The summed E-state index contributed by atoms with van der Waals surface area (Å²) in [6, 6.07) is 14.0. The summed E-state index contributed by atoms with van der Waals surface area (Å²) in [5.41, 5.74) is -0.0882. The first kappa shape index (κ1) is 24.0. The van der Waals surface area contributed by atoms with Gasteiger partial charge in [-0.25, -0.2) is 9.37 Å². The van der Waals surface area contributed by atoms with Gasteiger partial charge in [0.25, 0.3) is 5.56 Å². The number of hydrogen-bond acceptors (Lipinski definition) is 6. The number of carbonyl (C=O) groups is 1. The predicted octanol–water partition coefficient (Wildman–Crippen LogP) is 5.00. The van der Waals surface area contributed by atoms with Gasteiger partial charge in [-0.15, -0.1) is 0 Å². The maximum atomic E-state index is 14.3. The van der Waals surface area contributed by atoms with Gasteiger partial charge in [-0.2, -0.15) is 4.39 Å². The van der Waals surface area contributed by atoms with Gasteiger partial charge in [-0.3, -0.25) is 24.3 Å². The SMILES string of the molecule is Cc1ccc(-n2c(SC(C)C(=O)Nc3ccc(F)c([N+](=O)[O-])c3)nc3ccccc3c2=O)cc1F. The van der Waals surface area contributed by atoms with Crippen LogP contribution in [-0.4, -0.2) is 25.6 Å². The van der Waals surface area contributed by atoms with E-state index in [4.69, 9.17) is 0 Å². The molecule has 0 aliphatic rings. The van der Waals surface area contributed by atoms with E-state index >= 15 is 0 Å². The molecule has 1 aromatic heterocycles. The van der Waals surface area contributed by atoms with Crippen molar-refractivity contribution >= 4 is 39.9 Å². The lowest BCUT2D eigenvalue weighted by Crippen LogP contribution is -2.26. The fraction of sp³-hybridized carbons (Fsp3) is 0.125. The third kappa shape index (κ3) is 4.90. The summed E-state index contributed by atoms with van der Waals surface area (Å²) in [4.78, 5) is 40.7. The Morgan fingerprint density at radius 1 is 1.11 bits per heavy atom. The lowest BCUT2D eigenvalue weighted by Gasteiger charge is -2.17. The normalized spacial score (nSPS) is 11.9. The Morgan fingerprint density at radius 2 is 1.86 bits per heavy atom. The van der Waals surface area contributed by atoms with Crippen molar-refractivity contribution in [2.45, 2.75) is 24.3 Å². The van der Waals surface area contributed by atoms with Crippen molar-refractivity contribution in [3.63, 3.8) is 0 Å². The molecule has 0 aliphatic carbocycles. The number of halogens is 2. The minimum absolute atomic E-state index is 0.0417. The molecule has 1 atom stereocenters. The molecule has 0 radical (unpaired) electrons. The summed E-state index contributed by atoms with van der Waals surface area (Å²) in [7, 11) is 0. The highest BCUT2D eigenvalue weighted by molar-refractivity contribution is 8.00. The number of aromatic nitrogens is 2. The van der Waals surface area contributed by atoms with E-state index < -0.39 is 39.0 Å². The summed E-state index contributed by atoms with van der Waals surface area (Å²) in [5, 5.41) is 13.1. The smallest absolute Gasteiger partial charge is 0.306 e. The zero-order valence-corrected chi connectivity index (χ0v) is 19.3. The third-order valence-electron chi connectivity index (χ3n) is 5.22. The Morgan fingerprint density at radius 3 is 2.57 bits per heavy atom. The first-order valence-corrected chi connectivity index (χ1v) is 11.2. The quantitative estimate of drug-likeness (QED) is 0.174. The number of nitro groups is 1. The van der Waals surface area contributed by atoms with Crippen molar-refractivity contribution in [3.05, 3.63) is 98.3 Å². The number of para-hydroxylation sites is 1. The van der Waals surface area contributed by atoms with Crippen LogP contribution in [0.3, 0.4) is 0 Å². The fourth-order valence-electron chi connectivity index (χ4n) is 3.33. The molecule has 0 spiro atoms. The van der Waals surface area contributed by atoms with Crippen molar-refractivity contribution in [1.29, 1.82) is 0 Å². The van der Waals surface area contributed by atoms with Crippen molar-refractivity contribution in [2.75, 3.05) is 5.32 Å². The Balaban J connectivity index is 1.70. The van der Waals surface area contributed by atoms with Gasteiger partial charge >= 0.3 is 5.69 Å². The number of benzene rings is 3. The third-order valence-corrected chi connectivity index (χ3v) is 6.27. The van der Waals surface area contributed by atoms with Gasteiger partial charge in [0.05, 0.1) is 26.8 Å². The number of thioether (sulfide) groups is 1. The van der Waals surface area contributed by atoms with Crippen LogP contribution >= 0.6 is 11.8 Å². The van der Waals surface area contributed by atoms with E-state index in [1.165, 1.54) is 22.8 Å². The molecular formula is C24H18F2N4O4S. The maximum Gasteiger partial charge on any atom is 0.306 e. The van der Waals surface area contributed by atoms with E-state index in [0.29, 0.717) is 16.5 Å². The first-order chi connectivity index (χ1) is 16.7. The van der Waals surface area contributed by atoms with Crippen LogP contribution in [0.25, 0.3) is 16.6 Å². The summed E-state index contributed by atoms with van der Waals surface area (Å²) in [5.74, 6) is -2.08. The van der Waals surface area contributed by atoms with Crippen LogP contribution in [0.4, 0.5) is 20.2 Å². The second kappa shape index (κ2) is 9.63. The highest BCUT2D eigenvalue weighted by atomic mass is 32.2. The van der Waals surface area contributed by atoms with E-state index in [1.807, 2.05) is 0 Å². The van der Waals surface area contributed by atoms with Crippen LogP contribution in [-0.2, 0) is 4.79 Å². The Labute approximate surface area is 201 Å². The molecule has 0 fully saturated rings. The average molecular weight is 496 g/mol. The number of fused-ring (bicyclic) bond motifs is 1. The van der Waals surface area contributed by atoms with E-state index in [2.05, 4.69) is 10.3 Å². The van der Waals surface area contributed by atoms with Gasteiger partial charge in [-0.1, -0.05) is 30.0 Å². The molecule has 11 heteroatoms. The van der Waals surface area contributed by atoms with Gasteiger partial charge in [0.15, 0.2) is 5.16 Å². The van der Waals surface area contributed by atoms with Gasteiger partial charge in [-0.05, 0) is 55.8 Å². The summed E-state index contributed by atoms with van der Waals surface area (Å²) < 4.78 is 29.2. The number of aryl methyl sites for hydroxylation is 1. The van der Waals surface area contributed by atoms with E-state index in [1.54, 1.807) is 44.2 Å². The largest absolute Gasteiger partial charge is 0.325 e. The van der Waals surface area contributed by atoms with E-state index in [-0.39, 0.29) is 16.5 Å². The molecule has 1 amide bonds. The molecule has 0 bridgehead atoms. The maximum absolute atomic E-state index is 14.3. The number of nitro benzene ring substituents is 1. The molecule has 1 unspecified atom stereocenters. The monoisotopic (exact) mass is 496 g/mol. The molecule has 4 aromatic rings. The van der Waals surface area contributed by atoms with Crippen LogP contribution in [0.5, 0.6) is 0 Å². The lowest BCUT2D eigenvalue weighted by atomic mass is 10.2. The van der Waals surface area contributed by atoms with Crippen molar-refractivity contribution in [2.24, 2.45) is 0 Å². The number of hydrogen-bond donors (Lipinski definition) is 1. The molecular weight excluding hydrogens is 478 g/mol. The average Bonchev–Trinajstić information content (AvgIpc) is 2.82. The van der Waals surface area contributed by atoms with Gasteiger partial charge in [0.1, 0.15) is 5.82 Å². The number of nitrogens with zero attached hydrogens (tertiary/aromatic N) is 3. The molecule has 1 heterocycles. The second-order valence-corrected chi connectivity index (χ2v) is 8.97. The van der Waals surface area contributed by atoms with Crippen LogP contribution in [0.15, 0.2) is 70.6 Å². The molecule has 0 aliphatic heterocycles. The van der Waals surface area contributed by atoms with Crippen LogP contribution in [0.1, 0.15) is 12.5 Å². The fourth-order valence-corrected chi connectivity index (χ4v) is 4.25. The number of carbonyl (C=O) groups excluding carboxylic acids is 1. The molecule has 35 heavy (non-hydrogen) atoms. The number of rotatable bonds is 6. The topological polar surface area (TPSA) is 107 Å². The lowest BCUT2D eigenvalue weighted by molar-refractivity contribution is -0.387. The highest BCUT2D eigenvalue weighted by Gasteiger charge is 2.22. The zero-order chi connectivity index (χ0) is 25.3. The minimum Gasteiger partial charge on any atom is -0.325 e. The van der Waals surface area contributed by atoms with Crippen molar-refractivity contribution < 1.29 is 18.5 Å². The Hall–Kier alpha value is -4.12.